The molecule has 106 valence electrons. The standard InChI is InChI=1S/C12H17ClN2O3S/c1-9-5-7-15(8-10(9)18-2)19(16,17)11-4-3-6-14-12(11)13/h3-4,6,9-10H,5,7-8H2,1-2H3. The van der Waals surface area contributed by atoms with Gasteiger partial charge in [-0.25, -0.2) is 13.4 Å². The molecule has 0 N–H and O–H groups in total. The minimum absolute atomic E-state index is 0.00934. The van der Waals surface area contributed by atoms with Gasteiger partial charge in [-0.05, 0) is 24.5 Å². The quantitative estimate of drug-likeness (QED) is 0.799. The topological polar surface area (TPSA) is 59.5 Å². The Hall–Kier alpha value is -0.690. The lowest BCUT2D eigenvalue weighted by molar-refractivity contribution is 0.0184. The Bertz CT molecular complexity index is 550. The van der Waals surface area contributed by atoms with Crippen LogP contribution in [0.2, 0.25) is 5.15 Å². The third-order valence-electron chi connectivity index (χ3n) is 3.50. The third-order valence-corrected chi connectivity index (χ3v) is 5.81. The van der Waals surface area contributed by atoms with Gasteiger partial charge in [-0.15, -0.1) is 0 Å². The van der Waals surface area contributed by atoms with E-state index in [1.54, 1.807) is 13.2 Å². The van der Waals surface area contributed by atoms with Gasteiger partial charge in [0.05, 0.1) is 6.10 Å². The van der Waals surface area contributed by atoms with Crippen molar-refractivity contribution in [3.8, 4) is 0 Å². The SMILES string of the molecule is COC1CN(S(=O)(=O)c2cccnc2Cl)CCC1C. The van der Waals surface area contributed by atoms with E-state index in [-0.39, 0.29) is 16.2 Å². The first-order chi connectivity index (χ1) is 8.96. The highest BCUT2D eigenvalue weighted by atomic mass is 35.5. The molecule has 0 aliphatic carbocycles. The van der Waals surface area contributed by atoms with Crippen molar-refractivity contribution in [3.63, 3.8) is 0 Å². The summed E-state index contributed by atoms with van der Waals surface area (Å²) >= 11 is 5.88. The first-order valence-corrected chi connectivity index (χ1v) is 7.92. The van der Waals surface area contributed by atoms with Crippen LogP contribution in [-0.4, -0.2) is 44.0 Å². The average Bonchev–Trinajstić information content (AvgIpc) is 2.39. The predicted octanol–water partition coefficient (Wildman–Crippen LogP) is 1.78. The summed E-state index contributed by atoms with van der Waals surface area (Å²) in [4.78, 5) is 3.88. The maximum Gasteiger partial charge on any atom is 0.246 e. The maximum absolute atomic E-state index is 12.5. The molecule has 1 saturated heterocycles. The molecule has 1 aliphatic rings. The number of pyridine rings is 1. The van der Waals surface area contributed by atoms with E-state index in [4.69, 9.17) is 16.3 Å². The molecule has 2 heterocycles. The van der Waals surface area contributed by atoms with E-state index in [0.717, 1.165) is 6.42 Å². The summed E-state index contributed by atoms with van der Waals surface area (Å²) in [5, 5.41) is 0.00934. The van der Waals surface area contributed by atoms with Gasteiger partial charge in [-0.1, -0.05) is 18.5 Å². The van der Waals surface area contributed by atoms with Crippen LogP contribution in [-0.2, 0) is 14.8 Å². The van der Waals surface area contributed by atoms with Crippen LogP contribution in [0.4, 0.5) is 0 Å². The molecule has 0 bridgehead atoms. The summed E-state index contributed by atoms with van der Waals surface area (Å²) in [6, 6.07) is 3.05. The Labute approximate surface area is 118 Å². The van der Waals surface area contributed by atoms with Crippen LogP contribution in [0.5, 0.6) is 0 Å². The van der Waals surface area contributed by atoms with Gasteiger partial charge >= 0.3 is 0 Å². The molecule has 2 atom stereocenters. The maximum atomic E-state index is 12.5. The summed E-state index contributed by atoms with van der Waals surface area (Å²) < 4.78 is 31.8. The van der Waals surface area contributed by atoms with E-state index in [1.807, 2.05) is 0 Å². The summed E-state index contributed by atoms with van der Waals surface area (Å²) in [5.74, 6) is 0.348. The molecule has 1 aromatic heterocycles. The van der Waals surface area contributed by atoms with Gasteiger partial charge in [0.2, 0.25) is 10.0 Å². The van der Waals surface area contributed by atoms with Crippen molar-refractivity contribution in [2.45, 2.75) is 24.3 Å². The van der Waals surface area contributed by atoms with Crippen LogP contribution in [0.3, 0.4) is 0 Å². The fraction of sp³-hybridized carbons (Fsp3) is 0.583. The smallest absolute Gasteiger partial charge is 0.246 e. The molecular weight excluding hydrogens is 288 g/mol. The van der Waals surface area contributed by atoms with E-state index < -0.39 is 10.0 Å². The number of piperidine rings is 1. The molecular formula is C12H17ClN2O3S. The van der Waals surface area contributed by atoms with Crippen molar-refractivity contribution < 1.29 is 13.2 Å². The number of sulfonamides is 1. The van der Waals surface area contributed by atoms with Crippen LogP contribution < -0.4 is 0 Å². The van der Waals surface area contributed by atoms with Crippen molar-refractivity contribution in [2.24, 2.45) is 5.92 Å². The molecule has 0 spiro atoms. The fourth-order valence-electron chi connectivity index (χ4n) is 2.23. The number of ether oxygens (including phenoxy) is 1. The highest BCUT2D eigenvalue weighted by Gasteiger charge is 2.34. The lowest BCUT2D eigenvalue weighted by Crippen LogP contribution is -2.46. The van der Waals surface area contributed by atoms with E-state index in [1.165, 1.54) is 16.6 Å². The first-order valence-electron chi connectivity index (χ1n) is 6.10. The zero-order valence-electron chi connectivity index (χ0n) is 10.9. The number of nitrogens with zero attached hydrogens (tertiary/aromatic N) is 2. The van der Waals surface area contributed by atoms with Crippen LogP contribution in [0.15, 0.2) is 23.2 Å². The Morgan fingerprint density at radius 2 is 2.26 bits per heavy atom. The lowest BCUT2D eigenvalue weighted by Gasteiger charge is -2.35. The average molecular weight is 305 g/mol. The van der Waals surface area contributed by atoms with Crippen molar-refractivity contribution in [3.05, 3.63) is 23.5 Å². The molecule has 7 heteroatoms. The van der Waals surface area contributed by atoms with Crippen molar-refractivity contribution in [1.29, 1.82) is 0 Å². The third kappa shape index (κ3) is 2.91. The minimum Gasteiger partial charge on any atom is -0.380 e. The Morgan fingerprint density at radius 3 is 2.89 bits per heavy atom. The lowest BCUT2D eigenvalue weighted by atomic mass is 9.97. The molecule has 0 amide bonds. The van der Waals surface area contributed by atoms with Gasteiger partial charge < -0.3 is 4.74 Å². The number of hydrogen-bond donors (Lipinski definition) is 0. The van der Waals surface area contributed by atoms with E-state index >= 15 is 0 Å². The molecule has 1 aromatic rings. The number of aromatic nitrogens is 1. The summed E-state index contributed by atoms with van der Waals surface area (Å²) in [6.45, 7) is 2.90. The van der Waals surface area contributed by atoms with Gasteiger partial charge in [0, 0.05) is 26.4 Å². The molecule has 0 radical (unpaired) electrons. The second kappa shape index (κ2) is 5.75. The van der Waals surface area contributed by atoms with E-state index in [0.29, 0.717) is 19.0 Å². The molecule has 1 aliphatic heterocycles. The summed E-state index contributed by atoms with van der Waals surface area (Å²) in [7, 11) is -1.99. The highest BCUT2D eigenvalue weighted by Crippen LogP contribution is 2.27. The van der Waals surface area contributed by atoms with Gasteiger partial charge in [-0.3, -0.25) is 0 Å². The molecule has 19 heavy (non-hydrogen) atoms. The van der Waals surface area contributed by atoms with Crippen molar-refractivity contribution >= 4 is 21.6 Å². The van der Waals surface area contributed by atoms with Gasteiger partial charge in [-0.2, -0.15) is 4.31 Å². The summed E-state index contributed by atoms with van der Waals surface area (Å²) in [6.07, 6.45) is 2.16. The zero-order chi connectivity index (χ0) is 14.0. The van der Waals surface area contributed by atoms with Crippen molar-refractivity contribution in [2.75, 3.05) is 20.2 Å². The van der Waals surface area contributed by atoms with Gasteiger partial charge in [0.25, 0.3) is 0 Å². The van der Waals surface area contributed by atoms with Gasteiger partial charge in [0.1, 0.15) is 10.0 Å². The van der Waals surface area contributed by atoms with Crippen LogP contribution in [0.1, 0.15) is 13.3 Å². The van der Waals surface area contributed by atoms with E-state index in [2.05, 4.69) is 11.9 Å². The number of methoxy groups -OCH3 is 1. The largest absolute Gasteiger partial charge is 0.380 e. The normalized spacial score (nSPS) is 25.4. The molecule has 2 unspecified atom stereocenters. The Morgan fingerprint density at radius 1 is 1.53 bits per heavy atom. The Balaban J connectivity index is 2.28. The summed E-state index contributed by atoms with van der Waals surface area (Å²) in [5.41, 5.74) is 0. The monoisotopic (exact) mass is 304 g/mol. The van der Waals surface area contributed by atoms with Crippen LogP contribution in [0.25, 0.3) is 0 Å². The molecule has 2 rings (SSSR count). The fourth-order valence-corrected chi connectivity index (χ4v) is 4.13. The minimum atomic E-state index is -3.60. The first kappa shape index (κ1) is 14.7. The Kier molecular flexibility index (Phi) is 4.45. The highest BCUT2D eigenvalue weighted by molar-refractivity contribution is 7.89. The van der Waals surface area contributed by atoms with Crippen LogP contribution >= 0.6 is 11.6 Å². The molecule has 5 nitrogen and oxygen atoms in total. The number of rotatable bonds is 3. The number of halogens is 1. The molecule has 0 saturated carbocycles. The van der Waals surface area contributed by atoms with Gasteiger partial charge in [0.15, 0.2) is 0 Å². The number of hydrogen-bond acceptors (Lipinski definition) is 4. The zero-order valence-corrected chi connectivity index (χ0v) is 12.5. The second-order valence-electron chi connectivity index (χ2n) is 4.70. The molecule has 1 fully saturated rings. The second-order valence-corrected chi connectivity index (χ2v) is 6.96. The molecule has 0 aromatic carbocycles. The van der Waals surface area contributed by atoms with E-state index in [9.17, 15) is 8.42 Å². The predicted molar refractivity (Wildman–Crippen MR) is 72.6 cm³/mol. The van der Waals surface area contributed by atoms with Crippen molar-refractivity contribution in [1.82, 2.24) is 9.29 Å². The van der Waals surface area contributed by atoms with Crippen LogP contribution in [0, 0.1) is 5.92 Å².